The van der Waals surface area contributed by atoms with Crippen molar-refractivity contribution < 1.29 is 20.5 Å². The number of ether oxygens (including phenoxy) is 2. The normalized spacial score (nSPS) is 27.2. The molecular formula is C10H17NO4. The van der Waals surface area contributed by atoms with Crippen molar-refractivity contribution in [3.63, 3.8) is 0 Å². The molecule has 15 heavy (non-hydrogen) atoms. The molecule has 0 aromatic heterocycles. The van der Waals surface area contributed by atoms with Crippen LogP contribution < -0.4 is 5.31 Å². The Hall–Kier alpha value is -1.10. The highest BCUT2D eigenvalue weighted by atomic mass is 16.5. The third-order valence-corrected chi connectivity index (χ3v) is 2.19. The maximum atomic E-state index is 11.4. The molecule has 0 radical (unpaired) electrons. The van der Waals surface area contributed by atoms with Crippen molar-refractivity contribution in [3.8, 4) is 0 Å². The molecule has 0 spiro atoms. The number of hydrogen-bond donors (Lipinski definition) is 1. The zero-order valence-corrected chi connectivity index (χ0v) is 9.06. The lowest BCUT2D eigenvalue weighted by molar-refractivity contribution is -0.146. The van der Waals surface area contributed by atoms with Gasteiger partial charge in [0.1, 0.15) is 13.5 Å². The third-order valence-electron chi connectivity index (χ3n) is 2.19. The van der Waals surface area contributed by atoms with E-state index in [2.05, 4.69) is 0 Å². The number of esters is 2. The van der Waals surface area contributed by atoms with Gasteiger partial charge in [0.05, 0.1) is 13.2 Å². The smallest absolute Gasteiger partial charge is 0.323 e. The Morgan fingerprint density at radius 1 is 1.20 bits per heavy atom. The molecule has 1 saturated heterocycles. The first kappa shape index (κ1) is 10.4. The molecule has 0 saturated carbocycles. The second kappa shape index (κ2) is 5.70. The van der Waals surface area contributed by atoms with Crippen LogP contribution in [0.25, 0.3) is 0 Å². The Kier molecular flexibility index (Phi) is 3.96. The summed E-state index contributed by atoms with van der Waals surface area (Å²) in [5.41, 5.74) is 0. The Morgan fingerprint density at radius 2 is 1.60 bits per heavy atom. The lowest BCUT2D eigenvalue weighted by Crippen LogP contribution is -2.41. The summed E-state index contributed by atoms with van der Waals surface area (Å²) in [5.74, 6) is -0.881. The number of nitrogens with one attached hydrogen (secondary N) is 1. The molecule has 1 heterocycles. The highest BCUT2D eigenvalue weighted by Crippen LogP contribution is 2.14. The molecule has 2 atom stereocenters. The van der Waals surface area contributed by atoms with Gasteiger partial charge in [-0.15, -0.1) is 0 Å². The average molecular weight is 216 g/mol. The van der Waals surface area contributed by atoms with E-state index in [1.807, 2.05) is 0 Å². The van der Waals surface area contributed by atoms with Crippen LogP contribution in [0.4, 0.5) is 0 Å². The topological polar surface area (TPSA) is 64.6 Å². The molecule has 5 heteroatoms. The average Bonchev–Trinajstić information content (AvgIpc) is 2.61. The summed E-state index contributed by atoms with van der Waals surface area (Å²) in [6, 6.07) is -1.29. The molecule has 5 nitrogen and oxygen atoms in total. The molecule has 1 aliphatic rings. The molecule has 0 aromatic rings. The Balaban J connectivity index is 2.56. The molecule has 86 valence electrons. The standard InChI is InChI=1S/C10H17NO4/c1-3-14-9(12)7-5-6-8(11-7)10(13)15-4-2/h7-8,11H,3-6H2,1-2H3/i/hD. The Labute approximate surface area is 90.6 Å². The predicted molar refractivity (Wildman–Crippen MR) is 53.2 cm³/mol. The molecule has 0 aromatic carbocycles. The van der Waals surface area contributed by atoms with E-state index in [9.17, 15) is 9.59 Å². The molecule has 2 unspecified atom stereocenters. The second-order valence-electron chi connectivity index (χ2n) is 3.26. The SMILES string of the molecule is [2H]N1C(C(=O)OCC)CCC1C(=O)OCC. The van der Waals surface area contributed by atoms with Crippen molar-refractivity contribution in [2.45, 2.75) is 38.8 Å². The monoisotopic (exact) mass is 216 g/mol. The van der Waals surface area contributed by atoms with Crippen LogP contribution >= 0.6 is 0 Å². The summed E-state index contributed by atoms with van der Waals surface area (Å²) in [7, 11) is 0. The minimum absolute atomic E-state index is 0.285. The fraction of sp³-hybridized carbons (Fsp3) is 0.800. The quantitative estimate of drug-likeness (QED) is 0.682. The lowest BCUT2D eigenvalue weighted by atomic mass is 10.2. The predicted octanol–water partition coefficient (Wildman–Crippen LogP) is 0.233. The number of carbonyl (C=O) groups excluding carboxylic acids is 2. The summed E-state index contributed by atoms with van der Waals surface area (Å²) in [6.45, 7) is 3.99. The minimum atomic E-state index is -0.644. The highest BCUT2D eigenvalue weighted by molar-refractivity contribution is 5.81. The molecule has 1 N–H and O–H groups in total. The summed E-state index contributed by atoms with van der Waals surface area (Å²) in [6.07, 6.45) is 0.928. The lowest BCUT2D eigenvalue weighted by Gasteiger charge is -2.12. The molecule has 1 fully saturated rings. The molecule has 0 bridgehead atoms. The van der Waals surface area contributed by atoms with Crippen molar-refractivity contribution in [2.24, 2.45) is 0 Å². The van der Waals surface area contributed by atoms with Crippen LogP contribution in [0, 0.1) is 0 Å². The van der Waals surface area contributed by atoms with Crippen LogP contribution in [0.3, 0.4) is 0 Å². The van der Waals surface area contributed by atoms with Crippen LogP contribution in [0.5, 0.6) is 0 Å². The zero-order chi connectivity index (χ0) is 12.1. The summed E-state index contributed by atoms with van der Waals surface area (Å²) in [4.78, 5) is 22.9. The minimum Gasteiger partial charge on any atom is -0.465 e. The van der Waals surface area contributed by atoms with Crippen LogP contribution in [0.1, 0.15) is 26.7 Å². The van der Waals surface area contributed by atoms with Gasteiger partial charge in [-0.3, -0.25) is 14.9 Å². The molecule has 0 aliphatic carbocycles. The number of rotatable bonds is 4. The van der Waals surface area contributed by atoms with Gasteiger partial charge in [-0.05, 0) is 26.7 Å². The van der Waals surface area contributed by atoms with Crippen molar-refractivity contribution in [3.05, 3.63) is 0 Å². The van der Waals surface area contributed by atoms with E-state index in [4.69, 9.17) is 10.9 Å². The van der Waals surface area contributed by atoms with E-state index in [0.717, 1.165) is 5.31 Å². The first-order valence-electron chi connectivity index (χ1n) is 5.67. The van der Waals surface area contributed by atoms with Crippen LogP contribution in [0.2, 0.25) is 1.41 Å². The molecule has 1 aliphatic heterocycles. The summed E-state index contributed by atoms with van der Waals surface area (Å²) in [5, 5.41) is 0.996. The number of hydrogen-bond acceptors (Lipinski definition) is 5. The Bertz CT molecular complexity index is 246. The fourth-order valence-electron chi connectivity index (χ4n) is 1.52. The van der Waals surface area contributed by atoms with E-state index >= 15 is 0 Å². The van der Waals surface area contributed by atoms with Gasteiger partial charge in [0.15, 0.2) is 0 Å². The van der Waals surface area contributed by atoms with Crippen LogP contribution in [-0.2, 0) is 19.1 Å². The first-order valence-corrected chi connectivity index (χ1v) is 5.22. The van der Waals surface area contributed by atoms with E-state index in [1.54, 1.807) is 13.8 Å². The van der Waals surface area contributed by atoms with Crippen molar-refractivity contribution in [1.82, 2.24) is 5.31 Å². The van der Waals surface area contributed by atoms with E-state index < -0.39 is 24.0 Å². The van der Waals surface area contributed by atoms with Gasteiger partial charge in [0, 0.05) is 0 Å². The fourth-order valence-corrected chi connectivity index (χ4v) is 1.52. The van der Waals surface area contributed by atoms with E-state index in [1.165, 1.54) is 0 Å². The summed E-state index contributed by atoms with van der Waals surface area (Å²) >= 11 is 0. The highest BCUT2D eigenvalue weighted by Gasteiger charge is 2.34. The van der Waals surface area contributed by atoms with Crippen molar-refractivity contribution >= 4 is 11.9 Å². The number of carbonyl (C=O) groups is 2. The van der Waals surface area contributed by atoms with Crippen molar-refractivity contribution in [1.29, 1.82) is 0 Å². The summed E-state index contributed by atoms with van der Waals surface area (Å²) < 4.78 is 17.4. The van der Waals surface area contributed by atoms with Gasteiger partial charge in [0.2, 0.25) is 0 Å². The zero-order valence-electron chi connectivity index (χ0n) is 10.1. The third kappa shape index (κ3) is 3.20. The van der Waals surface area contributed by atoms with Gasteiger partial charge in [0.25, 0.3) is 0 Å². The van der Waals surface area contributed by atoms with Crippen LogP contribution in [-0.4, -0.2) is 37.2 Å². The maximum absolute atomic E-state index is 11.4. The second-order valence-corrected chi connectivity index (χ2v) is 3.26. The van der Waals surface area contributed by atoms with Crippen LogP contribution in [0.15, 0.2) is 0 Å². The van der Waals surface area contributed by atoms with E-state index in [0.29, 0.717) is 12.8 Å². The van der Waals surface area contributed by atoms with Gasteiger partial charge in [-0.2, -0.15) is 0 Å². The Morgan fingerprint density at radius 3 is 1.93 bits per heavy atom. The van der Waals surface area contributed by atoms with Gasteiger partial charge >= 0.3 is 11.9 Å². The molecule has 0 amide bonds. The maximum Gasteiger partial charge on any atom is 0.323 e. The van der Waals surface area contributed by atoms with E-state index in [-0.39, 0.29) is 13.2 Å². The largest absolute Gasteiger partial charge is 0.465 e. The van der Waals surface area contributed by atoms with Gasteiger partial charge < -0.3 is 9.47 Å². The van der Waals surface area contributed by atoms with Gasteiger partial charge in [-0.1, -0.05) is 0 Å². The molecular weight excluding hydrogens is 198 g/mol. The first-order chi connectivity index (χ1) is 7.61. The molecule has 1 rings (SSSR count). The van der Waals surface area contributed by atoms with Crippen molar-refractivity contribution in [2.75, 3.05) is 13.2 Å². The van der Waals surface area contributed by atoms with Gasteiger partial charge in [-0.25, -0.2) is 0 Å².